The van der Waals surface area contributed by atoms with E-state index in [1.807, 2.05) is 0 Å². The second kappa shape index (κ2) is 10.7. The van der Waals surface area contributed by atoms with E-state index in [0.717, 1.165) is 0 Å². The average molecular weight is 457 g/mol. The van der Waals surface area contributed by atoms with Crippen molar-refractivity contribution in [1.82, 2.24) is 9.97 Å². The van der Waals surface area contributed by atoms with Crippen molar-refractivity contribution >= 4 is 17.9 Å². The first-order chi connectivity index (χ1) is 15.8. The molecule has 11 heteroatoms. The van der Waals surface area contributed by atoms with Crippen LogP contribution >= 0.6 is 0 Å². The molecule has 2 aromatic heterocycles. The summed E-state index contributed by atoms with van der Waals surface area (Å²) in [5.41, 5.74) is -1.07. The third kappa shape index (κ3) is 6.16. The number of aromatic nitrogens is 2. The van der Waals surface area contributed by atoms with Crippen LogP contribution in [0.2, 0.25) is 0 Å². The van der Waals surface area contributed by atoms with Gasteiger partial charge in [0.1, 0.15) is 0 Å². The molecule has 3 heterocycles. The van der Waals surface area contributed by atoms with Gasteiger partial charge in [-0.25, -0.2) is 9.59 Å². The van der Waals surface area contributed by atoms with E-state index in [9.17, 15) is 29.5 Å². The van der Waals surface area contributed by atoms with Crippen LogP contribution in [-0.4, -0.2) is 57.0 Å². The van der Waals surface area contributed by atoms with Crippen LogP contribution in [0, 0.1) is 10.8 Å². The van der Waals surface area contributed by atoms with Crippen LogP contribution < -0.4 is 0 Å². The van der Waals surface area contributed by atoms with Gasteiger partial charge in [-0.3, -0.25) is 14.8 Å². The standard InChI is InChI=1S/C22H23N3O8/c26-19(33-22(25-31)5-9-32-10-6-22)13-14(11-17-15(20(27)28)3-1-7-23-17)12-18-16(21(29)30)4-2-8-24-18/h1-4,7-8,14H,5-6,9-13H2,(H,27,28)(H,29,30). The summed E-state index contributed by atoms with van der Waals surface area (Å²) >= 11 is 0. The Morgan fingerprint density at radius 1 is 1.00 bits per heavy atom. The van der Waals surface area contributed by atoms with Gasteiger partial charge in [-0.05, 0) is 48.2 Å². The lowest BCUT2D eigenvalue weighted by Crippen LogP contribution is -2.39. The summed E-state index contributed by atoms with van der Waals surface area (Å²) in [6.07, 6.45) is 3.04. The summed E-state index contributed by atoms with van der Waals surface area (Å²) in [4.78, 5) is 55.6. The van der Waals surface area contributed by atoms with Crippen molar-refractivity contribution < 1.29 is 34.1 Å². The number of carbonyl (C=O) groups excluding carboxylic acids is 1. The Morgan fingerprint density at radius 2 is 1.52 bits per heavy atom. The third-order valence-electron chi connectivity index (χ3n) is 5.40. The Kier molecular flexibility index (Phi) is 7.78. The molecule has 33 heavy (non-hydrogen) atoms. The molecule has 0 radical (unpaired) electrons. The monoisotopic (exact) mass is 457 g/mol. The summed E-state index contributed by atoms with van der Waals surface area (Å²) in [5, 5.41) is 22.0. The van der Waals surface area contributed by atoms with Crippen molar-refractivity contribution in [3.05, 3.63) is 64.1 Å². The van der Waals surface area contributed by atoms with Gasteiger partial charge in [0.2, 0.25) is 5.72 Å². The molecule has 2 aromatic rings. The fourth-order valence-corrected chi connectivity index (χ4v) is 3.75. The third-order valence-corrected chi connectivity index (χ3v) is 5.40. The zero-order valence-electron chi connectivity index (χ0n) is 17.7. The molecule has 0 unspecified atom stereocenters. The van der Waals surface area contributed by atoms with Gasteiger partial charge in [-0.1, -0.05) is 0 Å². The van der Waals surface area contributed by atoms with Gasteiger partial charge in [0.15, 0.2) is 0 Å². The van der Waals surface area contributed by atoms with Gasteiger partial charge >= 0.3 is 17.9 Å². The molecule has 11 nitrogen and oxygen atoms in total. The molecule has 0 saturated carbocycles. The molecule has 0 amide bonds. The van der Waals surface area contributed by atoms with E-state index in [1.54, 1.807) is 0 Å². The number of nitrogens with zero attached hydrogens (tertiary/aromatic N) is 3. The number of nitroso groups, excluding NO2 is 1. The van der Waals surface area contributed by atoms with Gasteiger partial charge < -0.3 is 19.7 Å². The first-order valence-corrected chi connectivity index (χ1v) is 10.3. The number of hydrogen-bond donors (Lipinski definition) is 2. The van der Waals surface area contributed by atoms with Crippen LogP contribution in [0.5, 0.6) is 0 Å². The second-order valence-electron chi connectivity index (χ2n) is 7.71. The van der Waals surface area contributed by atoms with Crippen molar-refractivity contribution in [3.8, 4) is 0 Å². The molecule has 0 atom stereocenters. The SMILES string of the molecule is O=NC1(OC(=O)CC(Cc2ncccc2C(=O)O)Cc2ncccc2C(=O)O)CCOCC1. The van der Waals surface area contributed by atoms with Crippen LogP contribution in [0.3, 0.4) is 0 Å². The number of pyridine rings is 2. The predicted octanol–water partition coefficient (Wildman–Crippen LogP) is 2.48. The molecule has 1 saturated heterocycles. The number of rotatable bonds is 10. The number of carbonyl (C=O) groups is 3. The Hall–Kier alpha value is -3.73. The van der Waals surface area contributed by atoms with Crippen LogP contribution in [-0.2, 0) is 27.1 Å². The zero-order valence-corrected chi connectivity index (χ0v) is 17.7. The quantitative estimate of drug-likeness (QED) is 0.400. The fourth-order valence-electron chi connectivity index (χ4n) is 3.75. The smallest absolute Gasteiger partial charge is 0.337 e. The molecule has 174 valence electrons. The molecule has 3 rings (SSSR count). The minimum Gasteiger partial charge on any atom is -0.478 e. The maximum absolute atomic E-state index is 12.8. The normalized spacial score (nSPS) is 15.1. The molecular formula is C22H23N3O8. The van der Waals surface area contributed by atoms with E-state index in [-0.39, 0.29) is 67.8 Å². The summed E-state index contributed by atoms with van der Waals surface area (Å²) < 4.78 is 10.6. The Labute approximate surface area is 188 Å². The average Bonchev–Trinajstić information content (AvgIpc) is 2.80. The van der Waals surface area contributed by atoms with Crippen LogP contribution in [0.25, 0.3) is 0 Å². The lowest BCUT2D eigenvalue weighted by atomic mass is 9.90. The van der Waals surface area contributed by atoms with Crippen LogP contribution in [0.1, 0.15) is 51.4 Å². The fraction of sp³-hybridized carbons (Fsp3) is 0.409. The topological polar surface area (TPSA) is 165 Å². The molecule has 1 fully saturated rings. The summed E-state index contributed by atoms with van der Waals surface area (Å²) in [6.45, 7) is 0.461. The number of aromatic carboxylic acids is 2. The van der Waals surface area contributed by atoms with E-state index in [4.69, 9.17) is 9.47 Å². The highest BCUT2D eigenvalue weighted by atomic mass is 16.6. The van der Waals surface area contributed by atoms with Gasteiger partial charge in [0.25, 0.3) is 0 Å². The second-order valence-corrected chi connectivity index (χ2v) is 7.71. The van der Waals surface area contributed by atoms with Crippen LogP contribution in [0.4, 0.5) is 0 Å². The lowest BCUT2D eigenvalue weighted by molar-refractivity contribution is -0.169. The highest BCUT2D eigenvalue weighted by Gasteiger charge is 2.38. The molecule has 2 N–H and O–H groups in total. The number of esters is 1. The molecular weight excluding hydrogens is 434 g/mol. The van der Waals surface area contributed by atoms with E-state index >= 15 is 0 Å². The van der Waals surface area contributed by atoms with Gasteiger partial charge in [-0.2, -0.15) is 0 Å². The molecule has 1 aliphatic heterocycles. The minimum absolute atomic E-state index is 0.0224. The number of hydrogen-bond acceptors (Lipinski definition) is 9. The zero-order chi connectivity index (χ0) is 23.8. The van der Waals surface area contributed by atoms with E-state index < -0.39 is 29.6 Å². The van der Waals surface area contributed by atoms with E-state index in [0.29, 0.717) is 0 Å². The molecule has 0 bridgehead atoms. The van der Waals surface area contributed by atoms with Gasteiger partial charge in [0, 0.05) is 31.7 Å². The maximum atomic E-state index is 12.8. The van der Waals surface area contributed by atoms with Crippen molar-refractivity contribution in [2.75, 3.05) is 13.2 Å². The van der Waals surface area contributed by atoms with E-state index in [1.165, 1.54) is 36.7 Å². The Morgan fingerprint density at radius 3 is 1.97 bits per heavy atom. The van der Waals surface area contributed by atoms with E-state index in [2.05, 4.69) is 15.1 Å². The Balaban J connectivity index is 1.85. The van der Waals surface area contributed by atoms with Crippen molar-refractivity contribution in [3.63, 3.8) is 0 Å². The van der Waals surface area contributed by atoms with Crippen LogP contribution in [0.15, 0.2) is 41.8 Å². The lowest BCUT2D eigenvalue weighted by Gasteiger charge is -2.30. The molecule has 0 aromatic carbocycles. The number of ether oxygens (including phenoxy) is 2. The molecule has 0 aliphatic carbocycles. The number of carboxylic acids is 2. The number of carboxylic acid groups (broad SMARTS) is 2. The predicted molar refractivity (Wildman–Crippen MR) is 113 cm³/mol. The summed E-state index contributed by atoms with van der Waals surface area (Å²) in [6, 6.07) is 5.78. The minimum atomic E-state index is -1.51. The highest BCUT2D eigenvalue weighted by molar-refractivity contribution is 5.89. The first-order valence-electron chi connectivity index (χ1n) is 10.3. The summed E-state index contributed by atoms with van der Waals surface area (Å²) in [5.74, 6) is -3.64. The highest BCUT2D eigenvalue weighted by Crippen LogP contribution is 2.29. The van der Waals surface area contributed by atoms with Crippen molar-refractivity contribution in [2.24, 2.45) is 11.1 Å². The van der Waals surface area contributed by atoms with Crippen molar-refractivity contribution in [2.45, 2.75) is 37.8 Å². The van der Waals surface area contributed by atoms with Gasteiger partial charge in [0.05, 0.1) is 35.7 Å². The Bertz CT molecular complexity index is 976. The largest absolute Gasteiger partial charge is 0.478 e. The van der Waals surface area contributed by atoms with Crippen molar-refractivity contribution in [1.29, 1.82) is 0 Å². The summed E-state index contributed by atoms with van der Waals surface area (Å²) in [7, 11) is 0. The maximum Gasteiger partial charge on any atom is 0.337 e. The first kappa shape index (κ1) is 23.9. The molecule has 1 aliphatic rings. The van der Waals surface area contributed by atoms with Gasteiger partial charge in [-0.15, -0.1) is 4.91 Å². The molecule has 0 spiro atoms.